The summed E-state index contributed by atoms with van der Waals surface area (Å²) in [6.45, 7) is 0. The molecular weight excluding hydrogens is 281 g/mol. The fraction of sp³-hybridized carbons (Fsp3) is 0. The lowest BCUT2D eigenvalue weighted by molar-refractivity contribution is -0.384. The molecule has 2 aromatic rings. The fourth-order valence-electron chi connectivity index (χ4n) is 1.17. The second-order valence-electron chi connectivity index (χ2n) is 3.14. The molecule has 0 saturated heterocycles. The number of non-ortho nitro benzene ring substituents is 1. The topological polar surface area (TPSA) is 78.2 Å². The number of rotatable bonds is 3. The summed E-state index contributed by atoms with van der Waals surface area (Å²) in [5.41, 5.74) is -0.130. The summed E-state index contributed by atoms with van der Waals surface area (Å²) in [5.74, 6) is 0.276. The Morgan fingerprint density at radius 3 is 2.72 bits per heavy atom. The number of ether oxygens (including phenoxy) is 1. The third-order valence-electron chi connectivity index (χ3n) is 1.94. The van der Waals surface area contributed by atoms with Gasteiger partial charge in [-0.3, -0.25) is 10.1 Å². The van der Waals surface area contributed by atoms with Crippen LogP contribution in [0.3, 0.4) is 0 Å². The molecule has 1 heterocycles. The predicted octanol–water partition coefficient (Wildman–Crippen LogP) is 3.48. The Hall–Kier alpha value is -1.92. The Balaban J connectivity index is 2.33. The maximum Gasteiger partial charge on any atom is 0.273 e. The zero-order chi connectivity index (χ0) is 13.1. The van der Waals surface area contributed by atoms with Gasteiger partial charge in [0, 0.05) is 18.3 Å². The van der Waals surface area contributed by atoms with Crippen molar-refractivity contribution in [2.45, 2.75) is 0 Å². The smallest absolute Gasteiger partial charge is 0.273 e. The number of benzene rings is 1. The molecule has 0 aliphatic heterocycles. The normalized spacial score (nSPS) is 10.1. The standard InChI is InChI=1S/C10H5Cl2N3O3/c11-7-2-1-6(15(16)17)5-8(7)18-9-3-4-13-10(12)14-9/h1-5H. The molecule has 8 heteroatoms. The van der Waals surface area contributed by atoms with Crippen molar-refractivity contribution >= 4 is 28.9 Å². The molecule has 0 bridgehead atoms. The molecule has 2 rings (SSSR count). The summed E-state index contributed by atoms with van der Waals surface area (Å²) in [5, 5.41) is 10.9. The molecule has 1 aromatic heterocycles. The molecule has 6 nitrogen and oxygen atoms in total. The van der Waals surface area contributed by atoms with Crippen molar-refractivity contribution in [1.29, 1.82) is 0 Å². The summed E-state index contributed by atoms with van der Waals surface area (Å²) in [6, 6.07) is 5.32. The van der Waals surface area contributed by atoms with Crippen molar-refractivity contribution in [3.63, 3.8) is 0 Å². The lowest BCUT2D eigenvalue weighted by atomic mass is 10.3. The van der Waals surface area contributed by atoms with E-state index in [1.807, 2.05) is 0 Å². The second kappa shape index (κ2) is 5.16. The molecule has 0 radical (unpaired) electrons. The number of nitrogens with zero attached hydrogens (tertiary/aromatic N) is 3. The van der Waals surface area contributed by atoms with Gasteiger partial charge in [0.25, 0.3) is 5.69 Å². The van der Waals surface area contributed by atoms with Gasteiger partial charge in [0.1, 0.15) is 0 Å². The zero-order valence-electron chi connectivity index (χ0n) is 8.71. The van der Waals surface area contributed by atoms with E-state index in [2.05, 4.69) is 9.97 Å². The van der Waals surface area contributed by atoms with Crippen LogP contribution in [0.25, 0.3) is 0 Å². The minimum absolute atomic E-state index is 0.00838. The third kappa shape index (κ3) is 2.85. The summed E-state index contributed by atoms with van der Waals surface area (Å²) in [7, 11) is 0. The lowest BCUT2D eigenvalue weighted by Crippen LogP contribution is -1.92. The second-order valence-corrected chi connectivity index (χ2v) is 3.88. The highest BCUT2D eigenvalue weighted by Gasteiger charge is 2.12. The molecule has 0 saturated carbocycles. The number of halogens is 2. The first-order valence-electron chi connectivity index (χ1n) is 4.66. The van der Waals surface area contributed by atoms with E-state index >= 15 is 0 Å². The summed E-state index contributed by atoms with van der Waals surface area (Å²) in [4.78, 5) is 17.6. The average molecular weight is 286 g/mol. The molecule has 0 aliphatic rings. The molecule has 1 aromatic carbocycles. The summed E-state index contributed by atoms with van der Waals surface area (Å²) < 4.78 is 5.31. The van der Waals surface area contributed by atoms with Crippen molar-refractivity contribution in [1.82, 2.24) is 9.97 Å². The van der Waals surface area contributed by atoms with Crippen molar-refractivity contribution in [3.05, 3.63) is 50.9 Å². The van der Waals surface area contributed by atoms with E-state index in [0.29, 0.717) is 0 Å². The fourth-order valence-corrected chi connectivity index (χ4v) is 1.47. The number of aromatic nitrogens is 2. The van der Waals surface area contributed by atoms with Gasteiger partial charge in [-0.25, -0.2) is 4.98 Å². The van der Waals surface area contributed by atoms with Crippen LogP contribution in [-0.2, 0) is 0 Å². The predicted molar refractivity (Wildman–Crippen MR) is 65.2 cm³/mol. The Kier molecular flexibility index (Phi) is 3.59. The Morgan fingerprint density at radius 2 is 2.06 bits per heavy atom. The first-order valence-corrected chi connectivity index (χ1v) is 5.42. The monoisotopic (exact) mass is 285 g/mol. The maximum absolute atomic E-state index is 10.6. The van der Waals surface area contributed by atoms with Gasteiger partial charge in [0.15, 0.2) is 5.75 Å². The van der Waals surface area contributed by atoms with Crippen LogP contribution < -0.4 is 4.74 Å². The van der Waals surface area contributed by atoms with Crippen molar-refractivity contribution in [2.75, 3.05) is 0 Å². The first-order chi connectivity index (χ1) is 8.56. The molecule has 0 spiro atoms. The average Bonchev–Trinajstić information content (AvgIpc) is 2.31. The van der Waals surface area contributed by atoms with Gasteiger partial charge in [-0.05, 0) is 17.7 Å². The van der Waals surface area contributed by atoms with Crippen molar-refractivity contribution in [3.8, 4) is 11.6 Å². The largest absolute Gasteiger partial charge is 0.437 e. The van der Waals surface area contributed by atoms with Gasteiger partial charge in [-0.1, -0.05) is 11.6 Å². The molecule has 0 atom stereocenters. The SMILES string of the molecule is O=[N+]([O-])c1ccc(Cl)c(Oc2ccnc(Cl)n2)c1. The molecular formula is C10H5Cl2N3O3. The molecule has 18 heavy (non-hydrogen) atoms. The van der Waals surface area contributed by atoms with Crippen LogP contribution in [0.4, 0.5) is 5.69 Å². The van der Waals surface area contributed by atoms with Crippen molar-refractivity contribution in [2.24, 2.45) is 0 Å². The molecule has 0 amide bonds. The maximum atomic E-state index is 10.6. The van der Waals surface area contributed by atoms with E-state index in [9.17, 15) is 10.1 Å². The van der Waals surface area contributed by atoms with Gasteiger partial charge in [0.2, 0.25) is 11.2 Å². The Morgan fingerprint density at radius 1 is 1.28 bits per heavy atom. The molecule has 0 fully saturated rings. The molecule has 92 valence electrons. The summed E-state index contributed by atoms with van der Waals surface area (Å²) in [6.07, 6.45) is 1.40. The minimum atomic E-state index is -0.545. The molecule has 0 unspecified atom stereocenters. The van der Waals surface area contributed by atoms with Crippen LogP contribution in [0, 0.1) is 10.1 Å². The van der Waals surface area contributed by atoms with Gasteiger partial charge >= 0.3 is 0 Å². The van der Waals surface area contributed by atoms with Gasteiger partial charge in [-0.15, -0.1) is 0 Å². The van der Waals surface area contributed by atoms with E-state index in [-0.39, 0.29) is 27.6 Å². The molecule has 0 aliphatic carbocycles. The quantitative estimate of drug-likeness (QED) is 0.490. The van der Waals surface area contributed by atoms with Crippen LogP contribution in [-0.4, -0.2) is 14.9 Å². The van der Waals surface area contributed by atoms with E-state index in [1.165, 1.54) is 30.5 Å². The van der Waals surface area contributed by atoms with Gasteiger partial charge < -0.3 is 4.74 Å². The highest BCUT2D eigenvalue weighted by atomic mass is 35.5. The van der Waals surface area contributed by atoms with Gasteiger partial charge in [-0.2, -0.15) is 4.98 Å². The van der Waals surface area contributed by atoms with E-state index in [0.717, 1.165) is 0 Å². The van der Waals surface area contributed by atoms with Crippen LogP contribution >= 0.6 is 23.2 Å². The number of nitro benzene ring substituents is 1. The van der Waals surface area contributed by atoms with Crippen LogP contribution in [0.2, 0.25) is 10.3 Å². The summed E-state index contributed by atoms with van der Waals surface area (Å²) >= 11 is 11.5. The highest BCUT2D eigenvalue weighted by Crippen LogP contribution is 2.32. The third-order valence-corrected chi connectivity index (χ3v) is 2.44. The van der Waals surface area contributed by atoms with Crippen LogP contribution in [0.5, 0.6) is 11.6 Å². The minimum Gasteiger partial charge on any atom is -0.437 e. The van der Waals surface area contributed by atoms with Crippen LogP contribution in [0.1, 0.15) is 0 Å². The van der Waals surface area contributed by atoms with Gasteiger partial charge in [0.05, 0.1) is 16.0 Å². The number of hydrogen-bond donors (Lipinski definition) is 0. The molecule has 0 N–H and O–H groups in total. The zero-order valence-corrected chi connectivity index (χ0v) is 10.2. The van der Waals surface area contributed by atoms with E-state index < -0.39 is 4.92 Å². The van der Waals surface area contributed by atoms with E-state index in [1.54, 1.807) is 0 Å². The highest BCUT2D eigenvalue weighted by molar-refractivity contribution is 6.32. The Bertz CT molecular complexity index is 607. The lowest BCUT2D eigenvalue weighted by Gasteiger charge is -2.06. The van der Waals surface area contributed by atoms with Crippen molar-refractivity contribution < 1.29 is 9.66 Å². The van der Waals surface area contributed by atoms with E-state index in [4.69, 9.17) is 27.9 Å². The van der Waals surface area contributed by atoms with Crippen LogP contribution in [0.15, 0.2) is 30.5 Å². The number of hydrogen-bond acceptors (Lipinski definition) is 5. The number of nitro groups is 1. The Labute approximate surface area is 111 Å². The first kappa shape index (κ1) is 12.5.